The van der Waals surface area contributed by atoms with E-state index in [0.717, 1.165) is 0 Å². The van der Waals surface area contributed by atoms with Gasteiger partial charge in [0.2, 0.25) is 9.48 Å². The van der Waals surface area contributed by atoms with Gasteiger partial charge in [0.25, 0.3) is 0 Å². The molecule has 0 fully saturated rings. The smallest absolute Gasteiger partial charge is 0.200 e. The van der Waals surface area contributed by atoms with Gasteiger partial charge in [-0.15, -0.1) is 0 Å². The van der Waals surface area contributed by atoms with Gasteiger partial charge in [-0.1, -0.05) is 51.6 Å². The van der Waals surface area contributed by atoms with E-state index < -0.39 is 28.5 Å². The monoisotopic (exact) mass is 506 g/mol. The summed E-state index contributed by atoms with van der Waals surface area (Å²) in [6.07, 6.45) is 5.00. The standard InChI is InChI=1S/C18H42O4S4Si2/c1-7-13-15-27-17(19-9-3,20-10-4)23-25-26-24-18(21-11-5,22-12-6)28-16-14-8-2/h7-16,27-28H2,1-6H3. The average Bonchev–Trinajstić information content (AvgIpc) is 2.67. The first kappa shape index (κ1) is 29.7. The van der Waals surface area contributed by atoms with Crippen LogP contribution < -0.4 is 0 Å². The third kappa shape index (κ3) is 13.2. The Hall–Kier alpha value is 1.67. The molecule has 0 radical (unpaired) electrons. The second-order valence-electron chi connectivity index (χ2n) is 6.32. The summed E-state index contributed by atoms with van der Waals surface area (Å²) in [7, 11) is 6.04. The summed E-state index contributed by atoms with van der Waals surface area (Å²) in [4.78, 5) is 0. The second-order valence-corrected chi connectivity index (χ2v) is 17.7. The Morgan fingerprint density at radius 2 is 0.893 bits per heavy atom. The Bertz CT molecular complexity index is 314. The van der Waals surface area contributed by atoms with Crippen molar-refractivity contribution in [2.24, 2.45) is 0 Å². The number of ether oxygens (including phenoxy) is 4. The molecular formula is C18H42O4S4Si2. The fourth-order valence-corrected chi connectivity index (χ4v) is 18.3. The van der Waals surface area contributed by atoms with Crippen molar-refractivity contribution in [2.75, 3.05) is 26.4 Å². The highest BCUT2D eigenvalue weighted by atomic mass is 33.7. The van der Waals surface area contributed by atoms with Gasteiger partial charge in [0.05, 0.1) is 0 Å². The fourth-order valence-electron chi connectivity index (χ4n) is 2.75. The van der Waals surface area contributed by atoms with Gasteiger partial charge < -0.3 is 18.9 Å². The van der Waals surface area contributed by atoms with Crippen LogP contribution in [0.1, 0.15) is 67.2 Å². The van der Waals surface area contributed by atoms with Crippen LogP contribution in [0.5, 0.6) is 0 Å². The molecule has 10 heteroatoms. The summed E-state index contributed by atoms with van der Waals surface area (Å²) in [5.74, 6) is 0. The number of unbranched alkanes of at least 4 members (excludes halogenated alkanes) is 2. The lowest BCUT2D eigenvalue weighted by Crippen LogP contribution is -2.39. The van der Waals surface area contributed by atoms with Crippen LogP contribution >= 0.6 is 41.2 Å². The highest BCUT2D eigenvalue weighted by Gasteiger charge is 2.35. The van der Waals surface area contributed by atoms with Gasteiger partial charge in [0, 0.05) is 26.4 Å². The summed E-state index contributed by atoms with van der Waals surface area (Å²) in [6.45, 7) is 15.5. The van der Waals surface area contributed by atoms with E-state index in [1.54, 1.807) is 41.2 Å². The van der Waals surface area contributed by atoms with Crippen LogP contribution in [0.2, 0.25) is 12.1 Å². The van der Waals surface area contributed by atoms with Crippen molar-refractivity contribution in [3.63, 3.8) is 0 Å². The fraction of sp³-hybridized carbons (Fsp3) is 1.00. The molecule has 0 saturated heterocycles. The molecule has 0 saturated carbocycles. The summed E-state index contributed by atoms with van der Waals surface area (Å²) < 4.78 is 23.7. The first-order chi connectivity index (χ1) is 13.6. The van der Waals surface area contributed by atoms with Crippen molar-refractivity contribution in [2.45, 2.75) is 88.8 Å². The van der Waals surface area contributed by atoms with E-state index in [9.17, 15) is 0 Å². The van der Waals surface area contributed by atoms with Crippen LogP contribution in [0.4, 0.5) is 0 Å². The zero-order chi connectivity index (χ0) is 21.1. The summed E-state index contributed by atoms with van der Waals surface area (Å²) in [6, 6.07) is 2.52. The molecule has 0 aliphatic heterocycles. The molecule has 0 N–H and O–H groups in total. The van der Waals surface area contributed by atoms with E-state index >= 15 is 0 Å². The molecule has 0 aliphatic carbocycles. The van der Waals surface area contributed by atoms with Gasteiger partial charge in [-0.25, -0.2) is 0 Å². The van der Waals surface area contributed by atoms with Crippen molar-refractivity contribution in [3.8, 4) is 0 Å². The topological polar surface area (TPSA) is 36.9 Å². The normalized spacial score (nSPS) is 13.5. The Labute approximate surface area is 193 Å². The minimum Gasteiger partial charge on any atom is -0.345 e. The maximum atomic E-state index is 6.13. The number of hydrogen-bond donors (Lipinski definition) is 0. The number of rotatable bonds is 21. The van der Waals surface area contributed by atoms with Crippen LogP contribution in [0.15, 0.2) is 0 Å². The van der Waals surface area contributed by atoms with Crippen LogP contribution in [-0.4, -0.2) is 55.0 Å². The lowest BCUT2D eigenvalue weighted by Gasteiger charge is -2.33. The average molecular weight is 507 g/mol. The van der Waals surface area contributed by atoms with Gasteiger partial charge in [-0.3, -0.25) is 0 Å². The molecular weight excluding hydrogens is 465 g/mol. The second kappa shape index (κ2) is 19.4. The lowest BCUT2D eigenvalue weighted by molar-refractivity contribution is -0.109. The highest BCUT2D eigenvalue weighted by molar-refractivity contribution is 9.26. The van der Waals surface area contributed by atoms with E-state index in [2.05, 4.69) is 41.5 Å². The predicted octanol–water partition coefficient (Wildman–Crippen LogP) is 5.81. The van der Waals surface area contributed by atoms with Crippen molar-refractivity contribution in [1.82, 2.24) is 0 Å². The SMILES string of the molecule is CCCC[SiH2]C(OCC)(OCC)SSSSC(OCC)(OCC)[SiH2]CCCC. The van der Waals surface area contributed by atoms with Crippen molar-refractivity contribution in [1.29, 1.82) is 0 Å². The van der Waals surface area contributed by atoms with Crippen molar-refractivity contribution >= 4 is 60.3 Å². The van der Waals surface area contributed by atoms with Gasteiger partial charge in [0.1, 0.15) is 19.0 Å². The van der Waals surface area contributed by atoms with E-state index in [1.165, 1.54) is 37.8 Å². The third-order valence-electron chi connectivity index (χ3n) is 3.98. The van der Waals surface area contributed by atoms with Gasteiger partial charge in [-0.2, -0.15) is 0 Å². The van der Waals surface area contributed by atoms with Crippen molar-refractivity contribution < 1.29 is 18.9 Å². The quantitative estimate of drug-likeness (QED) is 0.0836. The molecule has 0 unspecified atom stereocenters. The summed E-state index contributed by atoms with van der Waals surface area (Å²) in [5.41, 5.74) is 0. The Kier molecular flexibility index (Phi) is 20.5. The maximum absolute atomic E-state index is 6.13. The lowest BCUT2D eigenvalue weighted by atomic mass is 10.4. The van der Waals surface area contributed by atoms with E-state index in [1.807, 2.05) is 0 Å². The molecule has 0 spiro atoms. The van der Waals surface area contributed by atoms with Gasteiger partial charge in [0.15, 0.2) is 0 Å². The minimum atomic E-state index is -0.491. The molecule has 0 aromatic rings. The van der Waals surface area contributed by atoms with Crippen molar-refractivity contribution in [3.05, 3.63) is 0 Å². The zero-order valence-corrected chi connectivity index (χ0v) is 24.8. The molecule has 0 aromatic carbocycles. The molecule has 0 amide bonds. The first-order valence-electron chi connectivity index (χ1n) is 10.8. The van der Waals surface area contributed by atoms with Gasteiger partial charge >= 0.3 is 0 Å². The summed E-state index contributed by atoms with van der Waals surface area (Å²) in [5, 5.41) is 0. The number of hydrogen-bond acceptors (Lipinski definition) is 8. The largest absolute Gasteiger partial charge is 0.345 e. The Balaban J connectivity index is 4.80. The van der Waals surface area contributed by atoms with Crippen LogP contribution in [0.3, 0.4) is 0 Å². The molecule has 4 nitrogen and oxygen atoms in total. The Morgan fingerprint density at radius 3 is 1.14 bits per heavy atom. The van der Waals surface area contributed by atoms with Crippen LogP contribution in [0, 0.1) is 0 Å². The molecule has 170 valence electrons. The molecule has 0 heterocycles. The summed E-state index contributed by atoms with van der Waals surface area (Å²) >= 11 is 0. The van der Waals surface area contributed by atoms with E-state index in [4.69, 9.17) is 18.9 Å². The van der Waals surface area contributed by atoms with E-state index in [-0.39, 0.29) is 0 Å². The molecule has 0 atom stereocenters. The van der Waals surface area contributed by atoms with Crippen LogP contribution in [0.25, 0.3) is 0 Å². The molecule has 0 aliphatic rings. The van der Waals surface area contributed by atoms with Gasteiger partial charge in [-0.05, 0) is 68.9 Å². The molecule has 0 bridgehead atoms. The van der Waals surface area contributed by atoms with E-state index in [0.29, 0.717) is 26.4 Å². The maximum Gasteiger partial charge on any atom is 0.200 e. The molecule has 0 rings (SSSR count). The minimum absolute atomic E-state index is 0.420. The van der Waals surface area contributed by atoms with Crippen LogP contribution in [-0.2, 0) is 18.9 Å². The highest BCUT2D eigenvalue weighted by Crippen LogP contribution is 2.53. The molecule has 0 aromatic heterocycles. The Morgan fingerprint density at radius 1 is 0.571 bits per heavy atom. The first-order valence-corrected chi connectivity index (χ1v) is 19.1. The third-order valence-corrected chi connectivity index (χ3v) is 17.6. The predicted molar refractivity (Wildman–Crippen MR) is 139 cm³/mol. The zero-order valence-electron chi connectivity index (χ0n) is 18.8. The molecule has 28 heavy (non-hydrogen) atoms.